The van der Waals surface area contributed by atoms with Gasteiger partial charge in [0.15, 0.2) is 5.82 Å². The molecule has 0 unspecified atom stereocenters. The molecule has 0 amide bonds. The van der Waals surface area contributed by atoms with Crippen LogP contribution < -0.4 is 4.90 Å². The number of nitrogens with zero attached hydrogens (tertiary/aromatic N) is 5. The quantitative estimate of drug-likeness (QED) is 0.839. The second-order valence-corrected chi connectivity index (χ2v) is 7.15. The summed E-state index contributed by atoms with van der Waals surface area (Å²) in [5.74, 6) is 4.21. The molecule has 23 heavy (non-hydrogen) atoms. The molecule has 3 heterocycles. The molecule has 2 aromatic heterocycles. The van der Waals surface area contributed by atoms with E-state index in [0.29, 0.717) is 23.8 Å². The summed E-state index contributed by atoms with van der Waals surface area (Å²) in [5.41, 5.74) is 0. The topological polar surface area (TPSA) is 81.1 Å². The number of piperidine rings is 1. The standard InChI is InChI=1S/C16H21N5O2/c1-2-11(1)14-17-13(20-23-14)9-10-5-7-21(8-6-10)16-19-18-15(22-16)12-3-4-12/h10-12H,1-9H2. The van der Waals surface area contributed by atoms with Crippen molar-refractivity contribution in [1.82, 2.24) is 20.3 Å². The monoisotopic (exact) mass is 315 g/mol. The van der Waals surface area contributed by atoms with Crippen LogP contribution in [0.5, 0.6) is 0 Å². The molecule has 5 rings (SSSR count). The largest absolute Gasteiger partial charge is 0.408 e. The Labute approximate surface area is 134 Å². The Hall–Kier alpha value is -1.92. The highest BCUT2D eigenvalue weighted by Crippen LogP contribution is 2.40. The molecule has 1 saturated heterocycles. The molecular formula is C16H21N5O2. The fraction of sp³-hybridized carbons (Fsp3) is 0.750. The summed E-state index contributed by atoms with van der Waals surface area (Å²) in [7, 11) is 0. The SMILES string of the molecule is C1CN(c2nnc(C3CC3)o2)CCC1Cc1noc(C2CC2)n1. The third-order valence-corrected chi connectivity index (χ3v) is 5.12. The van der Waals surface area contributed by atoms with Crippen molar-refractivity contribution in [2.24, 2.45) is 5.92 Å². The molecule has 2 aliphatic carbocycles. The third-order valence-electron chi connectivity index (χ3n) is 5.12. The fourth-order valence-electron chi connectivity index (χ4n) is 3.28. The third kappa shape index (κ3) is 2.84. The summed E-state index contributed by atoms with van der Waals surface area (Å²) in [6, 6.07) is 0.695. The second kappa shape index (κ2) is 5.32. The van der Waals surface area contributed by atoms with E-state index in [1.54, 1.807) is 0 Å². The molecule has 1 aliphatic heterocycles. The molecule has 122 valence electrons. The summed E-state index contributed by atoms with van der Waals surface area (Å²) in [4.78, 5) is 6.75. The van der Waals surface area contributed by atoms with Crippen LogP contribution in [0.2, 0.25) is 0 Å². The first-order chi connectivity index (χ1) is 11.3. The van der Waals surface area contributed by atoms with Crippen molar-refractivity contribution in [3.05, 3.63) is 17.6 Å². The summed E-state index contributed by atoms with van der Waals surface area (Å²) < 4.78 is 11.1. The number of hydrogen-bond donors (Lipinski definition) is 0. The van der Waals surface area contributed by atoms with E-state index in [4.69, 9.17) is 8.94 Å². The minimum absolute atomic E-state index is 0.521. The van der Waals surface area contributed by atoms with Crippen LogP contribution in [0.3, 0.4) is 0 Å². The maximum Gasteiger partial charge on any atom is 0.318 e. The average molecular weight is 315 g/mol. The Morgan fingerprint density at radius 1 is 0.913 bits per heavy atom. The van der Waals surface area contributed by atoms with Gasteiger partial charge in [-0.2, -0.15) is 4.98 Å². The summed E-state index contributed by atoms with van der Waals surface area (Å²) in [6.07, 6.45) is 7.92. The van der Waals surface area contributed by atoms with Crippen molar-refractivity contribution in [1.29, 1.82) is 0 Å². The Kier molecular flexibility index (Phi) is 3.12. The number of rotatable bonds is 5. The van der Waals surface area contributed by atoms with Gasteiger partial charge < -0.3 is 13.8 Å². The molecule has 7 nitrogen and oxygen atoms in total. The van der Waals surface area contributed by atoms with Crippen LogP contribution in [-0.4, -0.2) is 33.4 Å². The van der Waals surface area contributed by atoms with Crippen molar-refractivity contribution in [3.63, 3.8) is 0 Å². The van der Waals surface area contributed by atoms with E-state index in [9.17, 15) is 0 Å². The molecule has 0 atom stereocenters. The molecule has 3 fully saturated rings. The van der Waals surface area contributed by atoms with Crippen LogP contribution in [0.25, 0.3) is 0 Å². The Morgan fingerprint density at radius 2 is 1.65 bits per heavy atom. The number of aromatic nitrogens is 4. The first kappa shape index (κ1) is 13.5. The van der Waals surface area contributed by atoms with Crippen molar-refractivity contribution in [3.8, 4) is 0 Å². The van der Waals surface area contributed by atoms with Crippen LogP contribution >= 0.6 is 0 Å². The normalized spacial score (nSPS) is 22.7. The van der Waals surface area contributed by atoms with E-state index >= 15 is 0 Å². The van der Waals surface area contributed by atoms with Gasteiger partial charge in [-0.3, -0.25) is 0 Å². The lowest BCUT2D eigenvalue weighted by atomic mass is 9.93. The van der Waals surface area contributed by atoms with Gasteiger partial charge in [0.25, 0.3) is 0 Å². The summed E-state index contributed by atoms with van der Waals surface area (Å²) >= 11 is 0. The molecule has 0 bridgehead atoms. The molecule has 2 saturated carbocycles. The number of anilines is 1. The smallest absolute Gasteiger partial charge is 0.318 e. The van der Waals surface area contributed by atoms with E-state index in [2.05, 4.69) is 25.2 Å². The molecule has 2 aromatic rings. The zero-order valence-electron chi connectivity index (χ0n) is 13.1. The maximum atomic E-state index is 5.80. The van der Waals surface area contributed by atoms with Crippen molar-refractivity contribution in [2.75, 3.05) is 18.0 Å². The van der Waals surface area contributed by atoms with Gasteiger partial charge in [0.2, 0.25) is 11.8 Å². The minimum atomic E-state index is 0.521. The Balaban J connectivity index is 1.16. The van der Waals surface area contributed by atoms with Crippen LogP contribution in [0.1, 0.15) is 68.0 Å². The lowest BCUT2D eigenvalue weighted by molar-refractivity contribution is 0.353. The first-order valence-corrected chi connectivity index (χ1v) is 8.76. The zero-order valence-corrected chi connectivity index (χ0v) is 13.1. The Bertz CT molecular complexity index is 680. The zero-order chi connectivity index (χ0) is 15.2. The fourth-order valence-corrected chi connectivity index (χ4v) is 3.28. The molecule has 3 aliphatic rings. The van der Waals surface area contributed by atoms with Gasteiger partial charge in [0.05, 0.1) is 0 Å². The van der Waals surface area contributed by atoms with E-state index in [1.807, 2.05) is 0 Å². The summed E-state index contributed by atoms with van der Waals surface area (Å²) in [5, 5.41) is 12.5. The molecule has 0 spiro atoms. The van der Waals surface area contributed by atoms with Gasteiger partial charge in [-0.25, -0.2) is 0 Å². The van der Waals surface area contributed by atoms with E-state index in [1.165, 1.54) is 25.7 Å². The molecular weight excluding hydrogens is 294 g/mol. The highest BCUT2D eigenvalue weighted by Gasteiger charge is 2.32. The van der Waals surface area contributed by atoms with Gasteiger partial charge in [-0.05, 0) is 44.4 Å². The minimum Gasteiger partial charge on any atom is -0.408 e. The lowest BCUT2D eigenvalue weighted by Crippen LogP contribution is -2.34. The van der Waals surface area contributed by atoms with Gasteiger partial charge >= 0.3 is 6.01 Å². The molecule has 7 heteroatoms. The molecule has 0 radical (unpaired) electrons. The molecule has 0 N–H and O–H groups in total. The lowest BCUT2D eigenvalue weighted by Gasteiger charge is -2.29. The van der Waals surface area contributed by atoms with Crippen LogP contribution in [-0.2, 0) is 6.42 Å². The van der Waals surface area contributed by atoms with Crippen LogP contribution in [0.15, 0.2) is 8.94 Å². The van der Waals surface area contributed by atoms with Crippen LogP contribution in [0.4, 0.5) is 6.01 Å². The highest BCUT2D eigenvalue weighted by atomic mass is 16.5. The highest BCUT2D eigenvalue weighted by molar-refractivity contribution is 5.25. The van der Waals surface area contributed by atoms with Crippen molar-refractivity contribution in [2.45, 2.75) is 56.8 Å². The molecule has 0 aromatic carbocycles. The Morgan fingerprint density at radius 3 is 2.39 bits per heavy atom. The summed E-state index contributed by atoms with van der Waals surface area (Å²) in [6.45, 7) is 1.93. The predicted octanol–water partition coefficient (Wildman–Crippen LogP) is 2.67. The van der Waals surface area contributed by atoms with Crippen LogP contribution in [0, 0.1) is 5.92 Å². The van der Waals surface area contributed by atoms with Gasteiger partial charge in [0, 0.05) is 31.3 Å². The van der Waals surface area contributed by atoms with E-state index in [-0.39, 0.29) is 0 Å². The van der Waals surface area contributed by atoms with Gasteiger partial charge in [-0.1, -0.05) is 10.3 Å². The average Bonchev–Trinajstić information content (AvgIpc) is 3.51. The van der Waals surface area contributed by atoms with Crippen molar-refractivity contribution >= 4 is 6.01 Å². The van der Waals surface area contributed by atoms with Crippen molar-refractivity contribution < 1.29 is 8.94 Å². The maximum absolute atomic E-state index is 5.80. The second-order valence-electron chi connectivity index (χ2n) is 7.15. The van der Waals surface area contributed by atoms with E-state index in [0.717, 1.165) is 50.0 Å². The number of hydrogen-bond acceptors (Lipinski definition) is 7. The predicted molar refractivity (Wildman–Crippen MR) is 81.2 cm³/mol. The van der Waals surface area contributed by atoms with Gasteiger partial charge in [-0.15, -0.1) is 5.10 Å². The first-order valence-electron chi connectivity index (χ1n) is 8.76. The van der Waals surface area contributed by atoms with Gasteiger partial charge in [0.1, 0.15) is 0 Å². The van der Waals surface area contributed by atoms with E-state index < -0.39 is 0 Å².